The normalized spacial score (nSPS) is 20.1. The van der Waals surface area contributed by atoms with Crippen LogP contribution >= 0.6 is 11.3 Å². The van der Waals surface area contributed by atoms with Gasteiger partial charge in [-0.05, 0) is 41.8 Å². The first-order chi connectivity index (χ1) is 11.2. The van der Waals surface area contributed by atoms with Crippen LogP contribution in [0.1, 0.15) is 31.0 Å². The number of nitrogens with zero attached hydrogens (tertiary/aromatic N) is 1. The first kappa shape index (κ1) is 14.9. The number of H-pyrrole nitrogens is 1. The van der Waals surface area contributed by atoms with E-state index < -0.39 is 10.0 Å². The second kappa shape index (κ2) is 5.78. The molecule has 0 aliphatic carbocycles. The molecular formula is C17H18N2O2S2. The van der Waals surface area contributed by atoms with Crippen LogP contribution in [0.3, 0.4) is 0 Å². The second-order valence-electron chi connectivity index (χ2n) is 5.87. The van der Waals surface area contributed by atoms with E-state index in [4.69, 9.17) is 0 Å². The summed E-state index contributed by atoms with van der Waals surface area (Å²) in [6.07, 6.45) is 2.83. The van der Waals surface area contributed by atoms with Gasteiger partial charge in [0.2, 0.25) is 0 Å². The molecule has 23 heavy (non-hydrogen) atoms. The number of piperidine rings is 1. The van der Waals surface area contributed by atoms with E-state index in [-0.39, 0.29) is 6.04 Å². The van der Waals surface area contributed by atoms with Gasteiger partial charge in [0.15, 0.2) is 0 Å². The molecule has 3 aromatic rings. The molecule has 1 saturated heterocycles. The van der Waals surface area contributed by atoms with Crippen LogP contribution in [-0.2, 0) is 10.0 Å². The summed E-state index contributed by atoms with van der Waals surface area (Å²) in [6, 6.07) is 13.5. The molecule has 0 radical (unpaired) electrons. The van der Waals surface area contributed by atoms with Crippen molar-refractivity contribution in [2.45, 2.75) is 29.5 Å². The molecule has 4 rings (SSSR count). The van der Waals surface area contributed by atoms with E-state index in [9.17, 15) is 8.42 Å². The van der Waals surface area contributed by atoms with E-state index >= 15 is 0 Å². The molecule has 1 atom stereocenters. The van der Waals surface area contributed by atoms with Gasteiger partial charge in [0.1, 0.15) is 4.21 Å². The number of thiophene rings is 1. The number of hydrogen-bond acceptors (Lipinski definition) is 3. The lowest BCUT2D eigenvalue weighted by Crippen LogP contribution is -2.38. The number of rotatable bonds is 3. The number of hydrogen-bond donors (Lipinski definition) is 1. The summed E-state index contributed by atoms with van der Waals surface area (Å²) in [5, 5.41) is 2.94. The van der Waals surface area contributed by atoms with Crippen LogP contribution in [0.2, 0.25) is 0 Å². The van der Waals surface area contributed by atoms with Crippen LogP contribution in [0.4, 0.5) is 0 Å². The van der Waals surface area contributed by atoms with Crippen molar-refractivity contribution in [2.24, 2.45) is 0 Å². The van der Waals surface area contributed by atoms with E-state index in [2.05, 4.69) is 17.1 Å². The quantitative estimate of drug-likeness (QED) is 0.775. The lowest BCUT2D eigenvalue weighted by molar-refractivity contribution is 0.253. The molecule has 0 bridgehead atoms. The van der Waals surface area contributed by atoms with Crippen molar-refractivity contribution < 1.29 is 8.42 Å². The molecule has 0 amide bonds. The van der Waals surface area contributed by atoms with E-state index in [1.165, 1.54) is 11.3 Å². The molecule has 120 valence electrons. The summed E-state index contributed by atoms with van der Waals surface area (Å²) in [4.78, 5) is 3.41. The van der Waals surface area contributed by atoms with Crippen molar-refractivity contribution in [1.82, 2.24) is 9.29 Å². The highest BCUT2D eigenvalue weighted by Crippen LogP contribution is 2.37. The third-order valence-corrected chi connectivity index (χ3v) is 7.70. The number of para-hydroxylation sites is 1. The highest BCUT2D eigenvalue weighted by Gasteiger charge is 2.35. The number of aromatic amines is 1. The Bertz CT molecular complexity index is 880. The van der Waals surface area contributed by atoms with Gasteiger partial charge in [0.05, 0.1) is 6.04 Å². The van der Waals surface area contributed by atoms with Crippen molar-refractivity contribution in [3.63, 3.8) is 0 Å². The molecule has 2 aromatic heterocycles. The molecule has 1 aliphatic rings. The lowest BCUT2D eigenvalue weighted by atomic mass is 10.0. The smallest absolute Gasteiger partial charge is 0.253 e. The minimum atomic E-state index is -3.42. The Hall–Kier alpha value is -1.63. The largest absolute Gasteiger partial charge is 0.357 e. The molecule has 0 spiro atoms. The van der Waals surface area contributed by atoms with Crippen LogP contribution in [0.25, 0.3) is 10.9 Å². The molecule has 1 aromatic carbocycles. The number of benzene rings is 1. The van der Waals surface area contributed by atoms with E-state index in [1.54, 1.807) is 16.4 Å². The van der Waals surface area contributed by atoms with Gasteiger partial charge in [-0.2, -0.15) is 4.31 Å². The highest BCUT2D eigenvalue weighted by molar-refractivity contribution is 7.91. The van der Waals surface area contributed by atoms with Gasteiger partial charge in [-0.25, -0.2) is 8.42 Å². The number of nitrogens with one attached hydrogen (secondary N) is 1. The topological polar surface area (TPSA) is 53.2 Å². The van der Waals surface area contributed by atoms with Crippen LogP contribution in [0.15, 0.2) is 52.1 Å². The number of fused-ring (bicyclic) bond motifs is 1. The molecule has 3 heterocycles. The zero-order valence-corrected chi connectivity index (χ0v) is 14.2. The van der Waals surface area contributed by atoms with Gasteiger partial charge in [-0.3, -0.25) is 0 Å². The zero-order valence-electron chi connectivity index (χ0n) is 12.6. The van der Waals surface area contributed by atoms with Crippen LogP contribution < -0.4 is 0 Å². The SMILES string of the molecule is O=S(=O)(c1cccs1)N1CCCCC1c1cc2ccccc2[nH]1. The number of aromatic nitrogens is 1. The molecule has 1 fully saturated rings. The molecular weight excluding hydrogens is 328 g/mol. The summed E-state index contributed by atoms with van der Waals surface area (Å²) >= 11 is 1.29. The summed E-state index contributed by atoms with van der Waals surface area (Å²) < 4.78 is 28.0. The van der Waals surface area contributed by atoms with E-state index in [1.807, 2.05) is 23.6 Å². The Morgan fingerprint density at radius 1 is 1.13 bits per heavy atom. The fourth-order valence-corrected chi connectivity index (χ4v) is 6.10. The van der Waals surface area contributed by atoms with Gasteiger partial charge < -0.3 is 4.98 Å². The number of sulfonamides is 1. The standard InChI is InChI=1S/C17H18N2O2S2/c20-23(21,17-9-5-11-22-17)19-10-4-3-8-16(19)15-12-13-6-1-2-7-14(13)18-15/h1-2,5-7,9,11-12,16,18H,3-4,8,10H2. The van der Waals surface area contributed by atoms with E-state index in [0.29, 0.717) is 10.8 Å². The zero-order chi connectivity index (χ0) is 15.9. The first-order valence-electron chi connectivity index (χ1n) is 7.79. The maximum Gasteiger partial charge on any atom is 0.253 e. The van der Waals surface area contributed by atoms with Gasteiger partial charge in [0.25, 0.3) is 10.0 Å². The average Bonchev–Trinajstić information content (AvgIpc) is 3.24. The van der Waals surface area contributed by atoms with Crippen LogP contribution in [0, 0.1) is 0 Å². The van der Waals surface area contributed by atoms with Crippen molar-refractivity contribution in [3.8, 4) is 0 Å². The predicted octanol–water partition coefficient (Wildman–Crippen LogP) is 4.15. The summed E-state index contributed by atoms with van der Waals surface area (Å²) in [6.45, 7) is 0.584. The molecule has 1 unspecified atom stereocenters. The highest BCUT2D eigenvalue weighted by atomic mass is 32.2. The molecule has 1 N–H and O–H groups in total. The maximum atomic E-state index is 13.0. The predicted molar refractivity (Wildman–Crippen MR) is 93.1 cm³/mol. The van der Waals surface area contributed by atoms with Crippen molar-refractivity contribution in [1.29, 1.82) is 0 Å². The van der Waals surface area contributed by atoms with Crippen LogP contribution in [0.5, 0.6) is 0 Å². The fraction of sp³-hybridized carbons (Fsp3) is 0.294. The van der Waals surface area contributed by atoms with Gasteiger partial charge in [-0.1, -0.05) is 30.7 Å². The van der Waals surface area contributed by atoms with Crippen molar-refractivity contribution in [2.75, 3.05) is 6.54 Å². The Labute approximate surface area is 139 Å². The lowest BCUT2D eigenvalue weighted by Gasteiger charge is -2.33. The third kappa shape index (κ3) is 2.60. The summed E-state index contributed by atoms with van der Waals surface area (Å²) in [5.41, 5.74) is 2.05. The second-order valence-corrected chi connectivity index (χ2v) is 8.94. The maximum absolute atomic E-state index is 13.0. The van der Waals surface area contributed by atoms with E-state index in [0.717, 1.165) is 35.9 Å². The van der Waals surface area contributed by atoms with Gasteiger partial charge in [0, 0.05) is 17.8 Å². The first-order valence-corrected chi connectivity index (χ1v) is 10.1. The van der Waals surface area contributed by atoms with Crippen molar-refractivity contribution in [3.05, 3.63) is 53.5 Å². The third-order valence-electron chi connectivity index (χ3n) is 4.42. The monoisotopic (exact) mass is 346 g/mol. The minimum absolute atomic E-state index is 0.108. The van der Waals surface area contributed by atoms with Gasteiger partial charge >= 0.3 is 0 Å². The van der Waals surface area contributed by atoms with Crippen molar-refractivity contribution >= 4 is 32.3 Å². The molecule has 4 nitrogen and oxygen atoms in total. The Morgan fingerprint density at radius 3 is 2.78 bits per heavy atom. The Morgan fingerprint density at radius 2 is 2.00 bits per heavy atom. The fourth-order valence-electron chi connectivity index (χ4n) is 3.30. The van der Waals surface area contributed by atoms with Crippen LogP contribution in [-0.4, -0.2) is 24.3 Å². The Balaban J connectivity index is 1.76. The van der Waals surface area contributed by atoms with Gasteiger partial charge in [-0.15, -0.1) is 11.3 Å². The molecule has 0 saturated carbocycles. The Kier molecular flexibility index (Phi) is 3.75. The average molecular weight is 346 g/mol. The summed E-state index contributed by atoms with van der Waals surface area (Å²) in [7, 11) is -3.42. The molecule has 6 heteroatoms. The molecule has 1 aliphatic heterocycles. The summed E-state index contributed by atoms with van der Waals surface area (Å²) in [5.74, 6) is 0. The minimum Gasteiger partial charge on any atom is -0.357 e.